The second-order valence-electron chi connectivity index (χ2n) is 8.15. The molecule has 0 bridgehead atoms. The third-order valence-electron chi connectivity index (χ3n) is 4.38. The van der Waals surface area contributed by atoms with Crippen molar-refractivity contribution in [2.75, 3.05) is 20.2 Å². The van der Waals surface area contributed by atoms with Crippen LogP contribution in [-0.4, -0.2) is 61.8 Å². The second-order valence-corrected chi connectivity index (χ2v) is 8.15. The van der Waals surface area contributed by atoms with Gasteiger partial charge in [-0.3, -0.25) is 14.4 Å². The van der Waals surface area contributed by atoms with Crippen LogP contribution in [0.15, 0.2) is 0 Å². The highest BCUT2D eigenvalue weighted by Gasteiger charge is 2.31. The normalized spacial score (nSPS) is 14.1. The van der Waals surface area contributed by atoms with E-state index in [0.717, 1.165) is 0 Å². The van der Waals surface area contributed by atoms with Crippen LogP contribution in [0, 0.1) is 5.92 Å². The van der Waals surface area contributed by atoms with Crippen molar-refractivity contribution in [3.63, 3.8) is 0 Å². The number of nitrogens with one attached hydrogen (secondary N) is 3. The van der Waals surface area contributed by atoms with Gasteiger partial charge in [0.25, 0.3) is 0 Å². The van der Waals surface area contributed by atoms with Crippen LogP contribution < -0.4 is 21.7 Å². The topological polar surface area (TPSA) is 149 Å². The van der Waals surface area contributed by atoms with Crippen molar-refractivity contribution in [2.45, 2.75) is 78.0 Å². The third-order valence-corrected chi connectivity index (χ3v) is 4.38. The summed E-state index contributed by atoms with van der Waals surface area (Å²) >= 11 is 0. The van der Waals surface area contributed by atoms with Gasteiger partial charge in [-0.1, -0.05) is 20.3 Å². The van der Waals surface area contributed by atoms with Gasteiger partial charge in [0.05, 0.1) is 7.11 Å². The summed E-state index contributed by atoms with van der Waals surface area (Å²) in [5, 5.41) is 7.73. The molecule has 0 fully saturated rings. The van der Waals surface area contributed by atoms with E-state index in [1.165, 1.54) is 7.11 Å². The maximum atomic E-state index is 12.9. The second kappa shape index (κ2) is 13.8. The molecule has 30 heavy (non-hydrogen) atoms. The number of amides is 3. The van der Waals surface area contributed by atoms with Gasteiger partial charge in [0, 0.05) is 0 Å². The molecule has 0 aliphatic heterocycles. The summed E-state index contributed by atoms with van der Waals surface area (Å²) in [4.78, 5) is 48.9. The van der Waals surface area contributed by atoms with E-state index in [-0.39, 0.29) is 12.5 Å². The number of rotatable bonds is 12. The molecular weight excluding hydrogens is 392 g/mol. The standard InChI is InChI=1S/C20H38N4O6/c1-7-13(2)16(24-19(28)30-20(3,4)5)18(27)23-14(10-8-9-11-21)17(26)22-12-15(25)29-6/h13-14,16H,7-12,21H2,1-6H3,(H,22,26)(H,23,27)(H,24,28)/t13-,14+,16+/m1/s1. The lowest BCUT2D eigenvalue weighted by atomic mass is 9.97. The van der Waals surface area contributed by atoms with Gasteiger partial charge in [0.2, 0.25) is 11.8 Å². The minimum atomic E-state index is -0.879. The third kappa shape index (κ3) is 11.6. The maximum absolute atomic E-state index is 12.9. The van der Waals surface area contributed by atoms with Crippen LogP contribution in [-0.2, 0) is 23.9 Å². The van der Waals surface area contributed by atoms with Gasteiger partial charge in [-0.25, -0.2) is 4.79 Å². The van der Waals surface area contributed by atoms with Crippen LogP contribution in [0.4, 0.5) is 4.79 Å². The number of nitrogens with two attached hydrogens (primary N) is 1. The van der Waals surface area contributed by atoms with Crippen molar-refractivity contribution >= 4 is 23.9 Å². The van der Waals surface area contributed by atoms with Crippen LogP contribution >= 0.6 is 0 Å². The molecule has 0 aliphatic carbocycles. The molecule has 10 heteroatoms. The Morgan fingerprint density at radius 3 is 2.17 bits per heavy atom. The number of methoxy groups -OCH3 is 1. The Balaban J connectivity index is 5.25. The summed E-state index contributed by atoms with van der Waals surface area (Å²) in [5.74, 6) is -1.80. The quantitative estimate of drug-likeness (QED) is 0.265. The van der Waals surface area contributed by atoms with Crippen molar-refractivity contribution in [3.05, 3.63) is 0 Å². The first kappa shape index (κ1) is 27.6. The summed E-state index contributed by atoms with van der Waals surface area (Å²) in [7, 11) is 1.22. The predicted octanol–water partition coefficient (Wildman–Crippen LogP) is 0.829. The minimum absolute atomic E-state index is 0.194. The molecule has 0 aromatic carbocycles. The molecule has 0 aromatic rings. The SMILES string of the molecule is CC[C@@H](C)[C@H](NC(=O)OC(C)(C)C)C(=O)N[C@@H](CCCCN)C(=O)NCC(=O)OC. The Hall–Kier alpha value is -2.36. The summed E-state index contributed by atoms with van der Waals surface area (Å²) < 4.78 is 9.76. The van der Waals surface area contributed by atoms with E-state index in [2.05, 4.69) is 20.7 Å². The average Bonchev–Trinajstić information content (AvgIpc) is 2.67. The Kier molecular flexibility index (Phi) is 12.7. The molecule has 0 aromatic heterocycles. The van der Waals surface area contributed by atoms with Crippen molar-refractivity contribution in [1.29, 1.82) is 0 Å². The summed E-state index contributed by atoms with van der Waals surface area (Å²) in [6.45, 7) is 9.05. The lowest BCUT2D eigenvalue weighted by Gasteiger charge is -2.28. The fourth-order valence-corrected chi connectivity index (χ4v) is 2.51. The van der Waals surface area contributed by atoms with Gasteiger partial charge in [-0.15, -0.1) is 0 Å². The minimum Gasteiger partial charge on any atom is -0.468 e. The summed E-state index contributed by atoms with van der Waals surface area (Å²) in [5.41, 5.74) is 4.80. The number of unbranched alkanes of at least 4 members (excludes halogenated alkanes) is 1. The molecule has 0 saturated heterocycles. The van der Waals surface area contributed by atoms with Crippen molar-refractivity contribution in [3.8, 4) is 0 Å². The Morgan fingerprint density at radius 2 is 1.67 bits per heavy atom. The molecular formula is C20H38N4O6. The summed E-state index contributed by atoms with van der Waals surface area (Å²) in [6.07, 6.45) is 1.55. The molecule has 10 nitrogen and oxygen atoms in total. The van der Waals surface area contributed by atoms with E-state index in [1.807, 2.05) is 13.8 Å². The number of ether oxygens (including phenoxy) is 2. The molecule has 0 aliphatic rings. The molecule has 174 valence electrons. The largest absolute Gasteiger partial charge is 0.468 e. The molecule has 0 heterocycles. The summed E-state index contributed by atoms with van der Waals surface area (Å²) in [6, 6.07) is -1.75. The van der Waals surface area contributed by atoms with Gasteiger partial charge in [0.15, 0.2) is 0 Å². The first-order valence-electron chi connectivity index (χ1n) is 10.3. The molecule has 0 spiro atoms. The number of carbonyl (C=O) groups is 4. The zero-order valence-electron chi connectivity index (χ0n) is 19.0. The highest BCUT2D eigenvalue weighted by molar-refractivity contribution is 5.92. The highest BCUT2D eigenvalue weighted by atomic mass is 16.6. The molecule has 3 atom stereocenters. The fraction of sp³-hybridized carbons (Fsp3) is 0.800. The number of carbonyl (C=O) groups excluding carboxylic acids is 4. The monoisotopic (exact) mass is 430 g/mol. The van der Waals surface area contributed by atoms with Gasteiger partial charge < -0.3 is 31.2 Å². The number of esters is 1. The Morgan fingerprint density at radius 1 is 1.03 bits per heavy atom. The fourth-order valence-electron chi connectivity index (χ4n) is 2.51. The Labute approximate surface area is 179 Å². The number of hydrogen-bond acceptors (Lipinski definition) is 7. The van der Waals surface area contributed by atoms with E-state index in [9.17, 15) is 19.2 Å². The molecule has 5 N–H and O–H groups in total. The molecule has 0 saturated carbocycles. The number of hydrogen-bond donors (Lipinski definition) is 4. The van der Waals surface area contributed by atoms with Gasteiger partial charge in [0.1, 0.15) is 24.2 Å². The van der Waals surface area contributed by atoms with E-state index >= 15 is 0 Å². The lowest BCUT2D eigenvalue weighted by molar-refractivity contribution is -0.141. The van der Waals surface area contributed by atoms with E-state index in [4.69, 9.17) is 10.5 Å². The van der Waals surface area contributed by atoms with Crippen molar-refractivity contribution in [2.24, 2.45) is 11.7 Å². The number of alkyl carbamates (subject to hydrolysis) is 1. The molecule has 0 rings (SSSR count). The predicted molar refractivity (Wildman–Crippen MR) is 112 cm³/mol. The van der Waals surface area contributed by atoms with Gasteiger partial charge >= 0.3 is 12.1 Å². The zero-order valence-corrected chi connectivity index (χ0v) is 19.0. The smallest absolute Gasteiger partial charge is 0.408 e. The van der Waals surface area contributed by atoms with E-state index < -0.39 is 41.6 Å². The van der Waals surface area contributed by atoms with Crippen molar-refractivity contribution in [1.82, 2.24) is 16.0 Å². The zero-order chi connectivity index (χ0) is 23.3. The molecule has 3 amide bonds. The van der Waals surface area contributed by atoms with Gasteiger partial charge in [-0.05, 0) is 52.5 Å². The first-order chi connectivity index (χ1) is 13.9. The van der Waals surface area contributed by atoms with Crippen LogP contribution in [0.1, 0.15) is 60.3 Å². The van der Waals surface area contributed by atoms with Crippen LogP contribution in [0.25, 0.3) is 0 Å². The van der Waals surface area contributed by atoms with E-state index in [0.29, 0.717) is 32.2 Å². The Bertz CT molecular complexity index is 576. The van der Waals surface area contributed by atoms with Crippen LogP contribution in [0.2, 0.25) is 0 Å². The lowest BCUT2D eigenvalue weighted by Crippen LogP contribution is -2.56. The molecule has 0 radical (unpaired) electrons. The molecule has 0 unspecified atom stereocenters. The highest BCUT2D eigenvalue weighted by Crippen LogP contribution is 2.12. The van der Waals surface area contributed by atoms with Gasteiger partial charge in [-0.2, -0.15) is 0 Å². The van der Waals surface area contributed by atoms with Crippen molar-refractivity contribution < 1.29 is 28.7 Å². The average molecular weight is 431 g/mol. The maximum Gasteiger partial charge on any atom is 0.408 e. The van der Waals surface area contributed by atoms with Crippen LogP contribution in [0.5, 0.6) is 0 Å². The van der Waals surface area contributed by atoms with E-state index in [1.54, 1.807) is 20.8 Å². The van der Waals surface area contributed by atoms with Crippen LogP contribution in [0.3, 0.4) is 0 Å². The first-order valence-corrected chi connectivity index (χ1v) is 10.3.